The summed E-state index contributed by atoms with van der Waals surface area (Å²) in [4.78, 5) is 13.6. The number of likely N-dealkylation sites (N-methyl/N-ethyl adjacent to an activating group) is 1. The van der Waals surface area contributed by atoms with E-state index in [2.05, 4.69) is 5.32 Å². The van der Waals surface area contributed by atoms with Crippen LogP contribution in [-0.4, -0.2) is 36.5 Å². The Bertz CT molecular complexity index is 512. The predicted octanol–water partition coefficient (Wildman–Crippen LogP) is 2.28. The summed E-state index contributed by atoms with van der Waals surface area (Å²) in [6.07, 6.45) is -4.81. The molecule has 1 fully saturated rings. The van der Waals surface area contributed by atoms with Gasteiger partial charge in [-0.1, -0.05) is 6.07 Å². The molecule has 1 aromatic rings. The Morgan fingerprint density at radius 1 is 1.40 bits per heavy atom. The zero-order valence-electron chi connectivity index (χ0n) is 10.8. The first kappa shape index (κ1) is 14.8. The van der Waals surface area contributed by atoms with Gasteiger partial charge in [0.25, 0.3) is 5.91 Å². The third-order valence-electron chi connectivity index (χ3n) is 3.34. The van der Waals surface area contributed by atoms with Crippen LogP contribution in [0.3, 0.4) is 0 Å². The van der Waals surface area contributed by atoms with Gasteiger partial charge in [-0.3, -0.25) is 4.79 Å². The highest BCUT2D eigenvalue weighted by atomic mass is 19.4. The normalized spacial score (nSPS) is 15.8. The molecule has 0 atom stereocenters. The van der Waals surface area contributed by atoms with Crippen molar-refractivity contribution >= 4 is 5.91 Å². The lowest BCUT2D eigenvalue weighted by atomic mass is 10.1. The Labute approximate surface area is 113 Å². The first-order valence-electron chi connectivity index (χ1n) is 6.23. The van der Waals surface area contributed by atoms with Crippen LogP contribution < -0.4 is 5.32 Å². The van der Waals surface area contributed by atoms with Gasteiger partial charge < -0.3 is 10.2 Å². The first-order valence-corrected chi connectivity index (χ1v) is 6.23. The molecule has 0 aromatic heterocycles. The second kappa shape index (κ2) is 5.40. The summed E-state index contributed by atoms with van der Waals surface area (Å²) in [5, 5.41) is 2.96. The van der Waals surface area contributed by atoms with Gasteiger partial charge in [0.2, 0.25) is 0 Å². The van der Waals surface area contributed by atoms with Gasteiger partial charge >= 0.3 is 6.18 Å². The first-order chi connectivity index (χ1) is 9.36. The zero-order chi connectivity index (χ0) is 14.9. The van der Waals surface area contributed by atoms with E-state index in [1.54, 1.807) is 6.92 Å². The van der Waals surface area contributed by atoms with Crippen molar-refractivity contribution in [1.29, 1.82) is 0 Å². The number of alkyl halides is 3. The van der Waals surface area contributed by atoms with E-state index in [0.29, 0.717) is 25.7 Å². The van der Waals surface area contributed by atoms with Gasteiger partial charge in [-0.2, -0.15) is 13.2 Å². The fraction of sp³-hybridized carbons (Fsp3) is 0.462. The number of carbonyl (C=O) groups is 1. The van der Waals surface area contributed by atoms with Crippen molar-refractivity contribution in [3.8, 4) is 0 Å². The molecule has 0 radical (unpaired) electrons. The number of rotatable bonds is 3. The topological polar surface area (TPSA) is 32.3 Å². The van der Waals surface area contributed by atoms with Gasteiger partial charge in [0.05, 0.1) is 17.2 Å². The molecular weight excluding hydrogens is 276 g/mol. The van der Waals surface area contributed by atoms with E-state index in [4.69, 9.17) is 0 Å². The van der Waals surface area contributed by atoms with Crippen molar-refractivity contribution in [1.82, 2.24) is 10.2 Å². The molecule has 7 heteroatoms. The fourth-order valence-electron chi connectivity index (χ4n) is 2.13. The maximum absolute atomic E-state index is 13.9. The number of hydrogen-bond donors (Lipinski definition) is 1. The Morgan fingerprint density at radius 2 is 2.05 bits per heavy atom. The van der Waals surface area contributed by atoms with Crippen LogP contribution in [0.1, 0.15) is 22.8 Å². The molecule has 110 valence electrons. The van der Waals surface area contributed by atoms with Crippen molar-refractivity contribution in [3.05, 3.63) is 35.1 Å². The van der Waals surface area contributed by atoms with Crippen LogP contribution in [0.2, 0.25) is 0 Å². The summed E-state index contributed by atoms with van der Waals surface area (Å²) >= 11 is 0. The number of nitrogens with zero attached hydrogens (tertiary/aromatic N) is 1. The second-order valence-corrected chi connectivity index (χ2v) is 4.57. The molecule has 0 aliphatic carbocycles. The van der Waals surface area contributed by atoms with Crippen LogP contribution in [0.4, 0.5) is 17.6 Å². The van der Waals surface area contributed by atoms with Crippen LogP contribution in [0, 0.1) is 5.82 Å². The van der Waals surface area contributed by atoms with E-state index in [9.17, 15) is 22.4 Å². The second-order valence-electron chi connectivity index (χ2n) is 4.57. The Hall–Kier alpha value is -1.63. The lowest BCUT2D eigenvalue weighted by Crippen LogP contribution is -2.58. The van der Waals surface area contributed by atoms with Gasteiger partial charge in [-0.05, 0) is 19.1 Å². The molecule has 0 unspecified atom stereocenters. The minimum absolute atomic E-state index is 0.0959. The highest BCUT2D eigenvalue weighted by Gasteiger charge is 2.37. The third-order valence-corrected chi connectivity index (χ3v) is 3.34. The van der Waals surface area contributed by atoms with Gasteiger partial charge in [-0.25, -0.2) is 4.39 Å². The average Bonchev–Trinajstić information content (AvgIpc) is 2.31. The number of nitrogens with one attached hydrogen (secondary N) is 1. The molecule has 1 heterocycles. The predicted molar refractivity (Wildman–Crippen MR) is 64.8 cm³/mol. The smallest absolute Gasteiger partial charge is 0.333 e. The summed E-state index contributed by atoms with van der Waals surface area (Å²) in [6.45, 7) is 3.17. The van der Waals surface area contributed by atoms with Crippen molar-refractivity contribution in [2.45, 2.75) is 19.1 Å². The van der Waals surface area contributed by atoms with Crippen LogP contribution in [0.25, 0.3) is 0 Å². The van der Waals surface area contributed by atoms with Gasteiger partial charge in [0.15, 0.2) is 0 Å². The Morgan fingerprint density at radius 3 is 2.50 bits per heavy atom. The molecule has 3 nitrogen and oxygen atoms in total. The molecule has 0 bridgehead atoms. The van der Waals surface area contributed by atoms with Crippen molar-refractivity contribution in [2.24, 2.45) is 0 Å². The van der Waals surface area contributed by atoms with Crippen LogP contribution in [0.5, 0.6) is 0 Å². The number of benzene rings is 1. The maximum Gasteiger partial charge on any atom is 0.419 e. The lowest BCUT2D eigenvalue weighted by molar-refractivity contribution is -0.140. The van der Waals surface area contributed by atoms with Crippen LogP contribution in [0.15, 0.2) is 18.2 Å². The number of amides is 1. The number of halogens is 4. The largest absolute Gasteiger partial charge is 0.419 e. The lowest BCUT2D eigenvalue weighted by Gasteiger charge is -2.37. The summed E-state index contributed by atoms with van der Waals surface area (Å²) < 4.78 is 51.8. The summed E-state index contributed by atoms with van der Waals surface area (Å²) in [7, 11) is 0. The Balaban J connectivity index is 2.34. The number of carbonyl (C=O) groups excluding carboxylic acids is 1. The highest BCUT2D eigenvalue weighted by Crippen LogP contribution is 2.32. The minimum atomic E-state index is -4.81. The zero-order valence-corrected chi connectivity index (χ0v) is 10.8. The quantitative estimate of drug-likeness (QED) is 0.866. The summed E-state index contributed by atoms with van der Waals surface area (Å²) in [6, 6.07) is 2.67. The summed E-state index contributed by atoms with van der Waals surface area (Å²) in [5.74, 6) is -2.21. The molecule has 1 N–H and O–H groups in total. The van der Waals surface area contributed by atoms with Crippen LogP contribution >= 0.6 is 0 Å². The van der Waals surface area contributed by atoms with E-state index in [1.807, 2.05) is 0 Å². The van der Waals surface area contributed by atoms with E-state index < -0.39 is 29.0 Å². The Kier molecular flexibility index (Phi) is 3.99. The standard InChI is InChI=1S/C13H14F4N2O/c1-2-19(8-6-18-7-8)12(20)9-4-3-5-10(11(9)14)13(15,16)17/h3-5,8,18H,2,6-7H2,1H3. The van der Waals surface area contributed by atoms with E-state index in [-0.39, 0.29) is 6.04 Å². The molecule has 1 aliphatic heterocycles. The number of hydrogen-bond acceptors (Lipinski definition) is 2. The van der Waals surface area contributed by atoms with E-state index in [1.165, 1.54) is 4.90 Å². The molecule has 1 aromatic carbocycles. The van der Waals surface area contributed by atoms with Gasteiger partial charge in [0, 0.05) is 19.6 Å². The van der Waals surface area contributed by atoms with Gasteiger partial charge in [0.1, 0.15) is 5.82 Å². The molecule has 1 amide bonds. The monoisotopic (exact) mass is 290 g/mol. The molecule has 1 aliphatic rings. The highest BCUT2D eigenvalue weighted by molar-refractivity contribution is 5.95. The average molecular weight is 290 g/mol. The van der Waals surface area contributed by atoms with Crippen molar-refractivity contribution in [3.63, 3.8) is 0 Å². The third kappa shape index (κ3) is 2.63. The van der Waals surface area contributed by atoms with Crippen LogP contribution in [-0.2, 0) is 6.18 Å². The molecule has 0 spiro atoms. The molecule has 1 saturated heterocycles. The maximum atomic E-state index is 13.9. The molecule has 20 heavy (non-hydrogen) atoms. The van der Waals surface area contributed by atoms with Crippen molar-refractivity contribution < 1.29 is 22.4 Å². The van der Waals surface area contributed by atoms with Gasteiger partial charge in [-0.15, -0.1) is 0 Å². The fourth-order valence-corrected chi connectivity index (χ4v) is 2.13. The minimum Gasteiger partial charge on any atom is -0.333 e. The summed E-state index contributed by atoms with van der Waals surface area (Å²) in [5.41, 5.74) is -1.94. The molecule has 0 saturated carbocycles. The molecule has 2 rings (SSSR count). The van der Waals surface area contributed by atoms with E-state index >= 15 is 0 Å². The molecular formula is C13H14F4N2O. The van der Waals surface area contributed by atoms with E-state index in [0.717, 1.165) is 12.1 Å². The SMILES string of the molecule is CCN(C(=O)c1cccc(C(F)(F)F)c1F)C1CNC1. The van der Waals surface area contributed by atoms with Crippen molar-refractivity contribution in [2.75, 3.05) is 19.6 Å².